The minimum Gasteiger partial charge on any atom is -0.309 e. The third-order valence-electron chi connectivity index (χ3n) is 3.58. The monoisotopic (exact) mass is 304 g/mol. The Morgan fingerprint density at radius 2 is 1.95 bits per heavy atom. The van der Waals surface area contributed by atoms with Crippen LogP contribution in [-0.2, 0) is 6.54 Å². The van der Waals surface area contributed by atoms with Crippen molar-refractivity contribution >= 4 is 34.3 Å². The Labute approximate surface area is 131 Å². The fraction of sp³-hybridized carbons (Fsp3) is 0.375. The largest absolute Gasteiger partial charge is 0.309 e. The number of rotatable bonds is 4. The quantitative estimate of drug-likeness (QED) is 0.742. The first-order valence-corrected chi connectivity index (χ1v) is 7.03. The van der Waals surface area contributed by atoms with Gasteiger partial charge < -0.3 is 4.90 Å². The third-order valence-corrected chi connectivity index (χ3v) is 3.58. The second-order valence-electron chi connectivity index (χ2n) is 5.52. The highest BCUT2D eigenvalue weighted by Gasteiger charge is 2.10. The van der Waals surface area contributed by atoms with Crippen LogP contribution < -0.4 is 0 Å². The molecular weight excluding hydrogens is 284 g/mol. The molecule has 0 amide bonds. The summed E-state index contributed by atoms with van der Waals surface area (Å²) in [5.41, 5.74) is 3.09. The highest BCUT2D eigenvalue weighted by molar-refractivity contribution is 5.92. The lowest BCUT2D eigenvalue weighted by atomic mass is 10.2. The van der Waals surface area contributed by atoms with Gasteiger partial charge in [0, 0.05) is 17.3 Å². The van der Waals surface area contributed by atoms with Crippen molar-refractivity contribution in [2.75, 3.05) is 20.6 Å². The van der Waals surface area contributed by atoms with Crippen molar-refractivity contribution in [3.05, 3.63) is 36.0 Å². The summed E-state index contributed by atoms with van der Waals surface area (Å²) in [7, 11) is 4.19. The van der Waals surface area contributed by atoms with E-state index < -0.39 is 0 Å². The molecule has 2 heterocycles. The van der Waals surface area contributed by atoms with E-state index in [0.29, 0.717) is 0 Å². The lowest BCUT2D eigenvalue weighted by Gasteiger charge is -2.09. The summed E-state index contributed by atoms with van der Waals surface area (Å²) >= 11 is 0. The second-order valence-corrected chi connectivity index (χ2v) is 5.52. The number of fused-ring (bicyclic) bond motifs is 2. The Balaban J connectivity index is 0.00000161. The molecule has 0 aliphatic carbocycles. The summed E-state index contributed by atoms with van der Waals surface area (Å²) in [5, 5.41) is 6.98. The van der Waals surface area contributed by atoms with Crippen LogP contribution in [-0.4, -0.2) is 40.3 Å². The van der Waals surface area contributed by atoms with Gasteiger partial charge >= 0.3 is 0 Å². The van der Waals surface area contributed by atoms with Crippen molar-refractivity contribution in [3.63, 3.8) is 0 Å². The molecule has 1 aromatic carbocycles. The van der Waals surface area contributed by atoms with Crippen LogP contribution in [0.2, 0.25) is 0 Å². The molecule has 0 atom stereocenters. The van der Waals surface area contributed by atoms with Crippen LogP contribution in [0.25, 0.3) is 21.9 Å². The molecule has 2 aromatic heterocycles. The highest BCUT2D eigenvalue weighted by Crippen LogP contribution is 2.22. The zero-order valence-electron chi connectivity index (χ0n) is 12.7. The second kappa shape index (κ2) is 6.41. The van der Waals surface area contributed by atoms with Crippen LogP contribution in [0.5, 0.6) is 0 Å². The van der Waals surface area contributed by atoms with E-state index >= 15 is 0 Å². The summed E-state index contributed by atoms with van der Waals surface area (Å²) in [6.07, 6.45) is 1.08. The summed E-state index contributed by atoms with van der Waals surface area (Å²) in [6.45, 7) is 4.03. The number of aromatic nitrogens is 3. The summed E-state index contributed by atoms with van der Waals surface area (Å²) in [4.78, 5) is 6.98. The van der Waals surface area contributed by atoms with Crippen molar-refractivity contribution in [2.24, 2.45) is 0 Å². The van der Waals surface area contributed by atoms with Crippen LogP contribution in [0.1, 0.15) is 12.1 Å². The lowest BCUT2D eigenvalue weighted by molar-refractivity contribution is 0.382. The molecular formula is C16H21ClN4. The topological polar surface area (TPSA) is 34.0 Å². The van der Waals surface area contributed by atoms with E-state index in [9.17, 15) is 0 Å². The molecule has 0 spiro atoms. The molecule has 0 aliphatic rings. The average molecular weight is 305 g/mol. The van der Waals surface area contributed by atoms with Gasteiger partial charge in [-0.1, -0.05) is 18.2 Å². The molecule has 0 aliphatic heterocycles. The number of aryl methyl sites for hydroxylation is 2. The van der Waals surface area contributed by atoms with E-state index in [1.54, 1.807) is 0 Å². The standard InChI is InChI=1S/C16H20N4.ClH/c1-12-14-11-13-7-4-5-8-15(13)17-16(14)20(18-12)10-6-9-19(2)3;/h4-5,7-8,11H,6,9-10H2,1-3H3;1H. The molecule has 0 saturated carbocycles. The molecule has 0 radical (unpaired) electrons. The first-order valence-electron chi connectivity index (χ1n) is 7.03. The van der Waals surface area contributed by atoms with Gasteiger partial charge in [-0.3, -0.25) is 0 Å². The molecule has 0 N–H and O–H groups in total. The highest BCUT2D eigenvalue weighted by atomic mass is 35.5. The van der Waals surface area contributed by atoms with Gasteiger partial charge in [-0.25, -0.2) is 9.67 Å². The smallest absolute Gasteiger partial charge is 0.158 e. The maximum atomic E-state index is 4.78. The maximum Gasteiger partial charge on any atom is 0.158 e. The first-order chi connectivity index (χ1) is 9.65. The number of pyridine rings is 1. The zero-order valence-corrected chi connectivity index (χ0v) is 13.5. The van der Waals surface area contributed by atoms with Crippen LogP contribution in [0, 0.1) is 6.92 Å². The molecule has 112 valence electrons. The van der Waals surface area contributed by atoms with Gasteiger partial charge in [-0.05, 0) is 46.1 Å². The molecule has 21 heavy (non-hydrogen) atoms. The van der Waals surface area contributed by atoms with Crippen LogP contribution in [0.15, 0.2) is 30.3 Å². The molecule has 0 unspecified atom stereocenters. The van der Waals surface area contributed by atoms with Crippen LogP contribution in [0.4, 0.5) is 0 Å². The fourth-order valence-corrected chi connectivity index (χ4v) is 2.54. The van der Waals surface area contributed by atoms with E-state index in [2.05, 4.69) is 49.2 Å². The number of halogens is 1. The third kappa shape index (κ3) is 3.17. The SMILES string of the molecule is Cc1nn(CCCN(C)C)c2nc3ccccc3cc12.Cl. The Bertz CT molecular complexity index is 748. The molecule has 0 bridgehead atoms. The molecule has 3 rings (SSSR count). The number of benzene rings is 1. The number of hydrogen-bond donors (Lipinski definition) is 0. The van der Waals surface area contributed by atoms with Crippen molar-refractivity contribution in [3.8, 4) is 0 Å². The molecule has 0 fully saturated rings. The Morgan fingerprint density at radius 1 is 1.19 bits per heavy atom. The average Bonchev–Trinajstić information content (AvgIpc) is 2.73. The van der Waals surface area contributed by atoms with E-state index in [1.807, 2.05) is 16.8 Å². The minimum atomic E-state index is 0. The lowest BCUT2D eigenvalue weighted by Crippen LogP contribution is -2.15. The van der Waals surface area contributed by atoms with E-state index in [1.165, 1.54) is 5.39 Å². The van der Waals surface area contributed by atoms with Gasteiger partial charge in [0.2, 0.25) is 0 Å². The van der Waals surface area contributed by atoms with Crippen molar-refractivity contribution < 1.29 is 0 Å². The van der Waals surface area contributed by atoms with Gasteiger partial charge in [-0.2, -0.15) is 5.10 Å². The predicted molar refractivity (Wildman–Crippen MR) is 90.2 cm³/mol. The summed E-state index contributed by atoms with van der Waals surface area (Å²) in [6, 6.07) is 10.4. The molecule has 4 nitrogen and oxygen atoms in total. The zero-order chi connectivity index (χ0) is 14.1. The Kier molecular flexibility index (Phi) is 4.80. The Hall–Kier alpha value is -1.65. The van der Waals surface area contributed by atoms with Gasteiger partial charge in [0.05, 0.1) is 11.2 Å². The van der Waals surface area contributed by atoms with Gasteiger partial charge in [0.1, 0.15) is 0 Å². The molecule has 5 heteroatoms. The van der Waals surface area contributed by atoms with Crippen molar-refractivity contribution in [1.29, 1.82) is 0 Å². The normalized spacial score (nSPS) is 11.2. The van der Waals surface area contributed by atoms with Crippen molar-refractivity contribution in [1.82, 2.24) is 19.7 Å². The van der Waals surface area contributed by atoms with E-state index in [4.69, 9.17) is 4.98 Å². The van der Waals surface area contributed by atoms with Crippen LogP contribution in [0.3, 0.4) is 0 Å². The van der Waals surface area contributed by atoms with Gasteiger partial charge in [0.15, 0.2) is 5.65 Å². The van der Waals surface area contributed by atoms with Gasteiger partial charge in [-0.15, -0.1) is 12.4 Å². The summed E-state index contributed by atoms with van der Waals surface area (Å²) < 4.78 is 2.04. The van der Waals surface area contributed by atoms with E-state index in [-0.39, 0.29) is 12.4 Å². The Morgan fingerprint density at radius 3 is 2.71 bits per heavy atom. The minimum absolute atomic E-state index is 0. The maximum absolute atomic E-state index is 4.78. The van der Waals surface area contributed by atoms with Gasteiger partial charge in [0.25, 0.3) is 0 Å². The van der Waals surface area contributed by atoms with Crippen molar-refractivity contribution in [2.45, 2.75) is 19.9 Å². The van der Waals surface area contributed by atoms with Crippen LogP contribution >= 0.6 is 12.4 Å². The fourth-order valence-electron chi connectivity index (χ4n) is 2.54. The predicted octanol–water partition coefficient (Wildman–Crippen LogP) is 3.27. The summed E-state index contributed by atoms with van der Waals surface area (Å²) in [5.74, 6) is 0. The number of hydrogen-bond acceptors (Lipinski definition) is 3. The first kappa shape index (κ1) is 15.7. The molecule has 3 aromatic rings. The number of para-hydroxylation sites is 1. The number of nitrogens with zero attached hydrogens (tertiary/aromatic N) is 4. The van der Waals surface area contributed by atoms with E-state index in [0.717, 1.165) is 41.8 Å². The molecule has 0 saturated heterocycles.